The van der Waals surface area contributed by atoms with E-state index >= 15 is 0 Å². The van der Waals surface area contributed by atoms with Gasteiger partial charge in [0.2, 0.25) is 0 Å². The first-order valence-electron chi connectivity index (χ1n) is 9.91. The van der Waals surface area contributed by atoms with Crippen molar-refractivity contribution in [2.75, 3.05) is 0 Å². The van der Waals surface area contributed by atoms with Gasteiger partial charge in [0.15, 0.2) is 0 Å². The van der Waals surface area contributed by atoms with Crippen molar-refractivity contribution in [3.8, 4) is 5.69 Å². The van der Waals surface area contributed by atoms with Crippen LogP contribution >= 0.6 is 11.6 Å². The van der Waals surface area contributed by atoms with E-state index in [1.165, 1.54) is 17.8 Å². The first kappa shape index (κ1) is 18.8. The second kappa shape index (κ2) is 5.97. The summed E-state index contributed by atoms with van der Waals surface area (Å²) in [4.78, 5) is 13.6. The summed E-state index contributed by atoms with van der Waals surface area (Å²) >= 11 is 6.36. The molecule has 1 aromatic heterocycles. The van der Waals surface area contributed by atoms with E-state index in [1.54, 1.807) is 10.7 Å². The molecule has 0 N–H and O–H groups in total. The molecule has 0 spiro atoms. The third kappa shape index (κ3) is 2.41. The molecule has 1 heterocycles. The topological polar surface area (TPSA) is 26.9 Å². The van der Waals surface area contributed by atoms with Gasteiger partial charge in [-0.05, 0) is 54.7 Å². The zero-order chi connectivity index (χ0) is 19.7. The molecule has 2 bridgehead atoms. The molecule has 0 radical (unpaired) electrons. The summed E-state index contributed by atoms with van der Waals surface area (Å²) in [5, 5.41) is 0.274. The maximum absolute atomic E-state index is 13.6. The SMILES string of the molecule is CC(C)CCn1c2c(c(=O)n1-c1ccc(F)cc1Cl)[C@@H]1CC[C@@]2(C)C1(C)C. The van der Waals surface area contributed by atoms with Crippen molar-refractivity contribution in [2.24, 2.45) is 11.3 Å². The largest absolute Gasteiger partial charge is 0.281 e. The molecule has 4 rings (SSSR count). The summed E-state index contributed by atoms with van der Waals surface area (Å²) in [7, 11) is 0. The van der Waals surface area contributed by atoms with Crippen molar-refractivity contribution in [1.82, 2.24) is 9.36 Å². The average Bonchev–Trinajstić information content (AvgIpc) is 3.05. The molecule has 2 aliphatic carbocycles. The molecule has 0 aliphatic heterocycles. The number of hydrogen-bond donors (Lipinski definition) is 0. The number of nitrogens with zero attached hydrogens (tertiary/aromatic N) is 2. The Morgan fingerprint density at radius 2 is 2.00 bits per heavy atom. The lowest BCUT2D eigenvalue weighted by Gasteiger charge is -2.36. The molecule has 0 saturated heterocycles. The summed E-state index contributed by atoms with van der Waals surface area (Å²) in [6.45, 7) is 12.0. The van der Waals surface area contributed by atoms with Gasteiger partial charge in [0.1, 0.15) is 5.82 Å². The van der Waals surface area contributed by atoms with Crippen LogP contribution in [0, 0.1) is 17.2 Å². The Hall–Kier alpha value is -1.55. The fraction of sp³-hybridized carbons (Fsp3) is 0.591. The summed E-state index contributed by atoms with van der Waals surface area (Å²) in [5.41, 5.74) is 2.77. The molecule has 27 heavy (non-hydrogen) atoms. The Morgan fingerprint density at radius 3 is 2.63 bits per heavy atom. The highest BCUT2D eigenvalue weighted by molar-refractivity contribution is 6.32. The Labute approximate surface area is 165 Å². The first-order chi connectivity index (χ1) is 12.6. The minimum Gasteiger partial charge on any atom is -0.281 e. The van der Waals surface area contributed by atoms with Crippen molar-refractivity contribution in [1.29, 1.82) is 0 Å². The second-order valence-corrected chi connectivity index (χ2v) is 9.83. The molecule has 3 nitrogen and oxygen atoms in total. The van der Waals surface area contributed by atoms with Crippen LogP contribution in [0.5, 0.6) is 0 Å². The maximum atomic E-state index is 13.6. The fourth-order valence-corrected chi connectivity index (χ4v) is 5.62. The van der Waals surface area contributed by atoms with Gasteiger partial charge in [0, 0.05) is 17.5 Å². The molecule has 1 saturated carbocycles. The molecule has 2 aromatic rings. The standard InChI is InChI=1S/C22H28ClFN2O/c1-13(2)9-11-25-19-18(15-8-10-22(19,5)21(15,3)4)20(27)26(25)17-7-6-14(24)12-16(17)23/h6-7,12-13,15H,8-11H2,1-5H3/t15-,22+/m0/s1. The fourth-order valence-electron chi connectivity index (χ4n) is 5.37. The van der Waals surface area contributed by atoms with Crippen LogP contribution in [0.15, 0.2) is 23.0 Å². The van der Waals surface area contributed by atoms with Gasteiger partial charge >= 0.3 is 0 Å². The molecule has 146 valence electrons. The minimum atomic E-state index is -0.391. The second-order valence-electron chi connectivity index (χ2n) is 9.43. The average molecular weight is 391 g/mol. The van der Waals surface area contributed by atoms with E-state index in [4.69, 9.17) is 11.6 Å². The number of hydrogen-bond acceptors (Lipinski definition) is 1. The lowest BCUT2D eigenvalue weighted by Crippen LogP contribution is -2.36. The van der Waals surface area contributed by atoms with Crippen molar-refractivity contribution >= 4 is 11.6 Å². The first-order valence-corrected chi connectivity index (χ1v) is 10.3. The van der Waals surface area contributed by atoms with Crippen LogP contribution in [0.1, 0.15) is 71.1 Å². The predicted octanol–water partition coefficient (Wildman–Crippen LogP) is 5.65. The van der Waals surface area contributed by atoms with Crippen LogP contribution in [0.4, 0.5) is 4.39 Å². The number of rotatable bonds is 4. The third-order valence-corrected chi connectivity index (χ3v) is 7.63. The Kier molecular flexibility index (Phi) is 4.16. The molecule has 1 fully saturated rings. The number of benzene rings is 1. The number of halogens is 2. The number of aromatic nitrogens is 2. The zero-order valence-electron chi connectivity index (χ0n) is 16.8. The van der Waals surface area contributed by atoms with E-state index in [1.807, 2.05) is 0 Å². The Bertz CT molecular complexity index is 971. The van der Waals surface area contributed by atoms with Gasteiger partial charge in [-0.15, -0.1) is 0 Å². The lowest BCUT2D eigenvalue weighted by atomic mass is 9.70. The highest BCUT2D eigenvalue weighted by Gasteiger charge is 2.62. The normalized spacial score (nSPS) is 25.4. The summed E-state index contributed by atoms with van der Waals surface area (Å²) in [5.74, 6) is 0.406. The van der Waals surface area contributed by atoms with Crippen molar-refractivity contribution < 1.29 is 4.39 Å². The molecule has 0 unspecified atom stereocenters. The van der Waals surface area contributed by atoms with E-state index in [2.05, 4.69) is 39.3 Å². The predicted molar refractivity (Wildman–Crippen MR) is 108 cm³/mol. The van der Waals surface area contributed by atoms with Crippen LogP contribution in [0.3, 0.4) is 0 Å². The Balaban J connectivity index is 2.00. The molecule has 2 aliphatic rings. The molecule has 0 amide bonds. The highest BCUT2D eigenvalue weighted by Crippen LogP contribution is 2.67. The summed E-state index contributed by atoms with van der Waals surface area (Å²) in [6, 6.07) is 4.28. The van der Waals surface area contributed by atoms with E-state index < -0.39 is 5.82 Å². The lowest BCUT2D eigenvalue weighted by molar-refractivity contribution is 0.214. The van der Waals surface area contributed by atoms with Crippen LogP contribution < -0.4 is 5.56 Å². The molecule has 2 atom stereocenters. The quantitative estimate of drug-likeness (QED) is 0.662. The Morgan fingerprint density at radius 1 is 1.30 bits per heavy atom. The van der Waals surface area contributed by atoms with E-state index in [0.717, 1.165) is 31.4 Å². The van der Waals surface area contributed by atoms with Gasteiger partial charge in [-0.1, -0.05) is 46.2 Å². The van der Waals surface area contributed by atoms with Crippen LogP contribution in [-0.2, 0) is 12.0 Å². The summed E-state index contributed by atoms with van der Waals surface area (Å²) in [6.07, 6.45) is 3.12. The van der Waals surface area contributed by atoms with Crippen LogP contribution in [0.25, 0.3) is 5.69 Å². The van der Waals surface area contributed by atoms with Gasteiger partial charge < -0.3 is 0 Å². The smallest absolute Gasteiger partial charge is 0.275 e. The number of fused-ring (bicyclic) bond motifs is 5. The summed E-state index contributed by atoms with van der Waals surface area (Å²) < 4.78 is 17.5. The maximum Gasteiger partial charge on any atom is 0.275 e. The van der Waals surface area contributed by atoms with Gasteiger partial charge in [-0.2, -0.15) is 0 Å². The van der Waals surface area contributed by atoms with Crippen LogP contribution in [0.2, 0.25) is 5.02 Å². The molecule has 1 aromatic carbocycles. The van der Waals surface area contributed by atoms with Gasteiger partial charge in [0.25, 0.3) is 5.56 Å². The highest BCUT2D eigenvalue weighted by atomic mass is 35.5. The monoisotopic (exact) mass is 390 g/mol. The van der Waals surface area contributed by atoms with Gasteiger partial charge in [-0.3, -0.25) is 9.48 Å². The van der Waals surface area contributed by atoms with E-state index in [0.29, 0.717) is 11.6 Å². The van der Waals surface area contributed by atoms with Crippen molar-refractivity contribution in [3.05, 3.63) is 50.7 Å². The van der Waals surface area contributed by atoms with Crippen LogP contribution in [-0.4, -0.2) is 9.36 Å². The van der Waals surface area contributed by atoms with Crippen molar-refractivity contribution in [2.45, 2.75) is 71.8 Å². The van der Waals surface area contributed by atoms with Crippen molar-refractivity contribution in [3.63, 3.8) is 0 Å². The molecular weight excluding hydrogens is 363 g/mol. The molecule has 5 heteroatoms. The van der Waals surface area contributed by atoms with E-state index in [-0.39, 0.29) is 27.3 Å². The van der Waals surface area contributed by atoms with Gasteiger partial charge in [0.05, 0.1) is 16.4 Å². The van der Waals surface area contributed by atoms with Gasteiger partial charge in [-0.25, -0.2) is 9.07 Å². The zero-order valence-corrected chi connectivity index (χ0v) is 17.5. The molecular formula is C22H28ClFN2O. The third-order valence-electron chi connectivity index (χ3n) is 7.33. The minimum absolute atomic E-state index is 0.0174. The van der Waals surface area contributed by atoms with E-state index in [9.17, 15) is 9.18 Å².